The average molecular weight is 442 g/mol. The molecule has 3 amide bonds. The van der Waals surface area contributed by atoms with E-state index in [1.165, 1.54) is 11.8 Å². The van der Waals surface area contributed by atoms with E-state index < -0.39 is 0 Å². The van der Waals surface area contributed by atoms with Gasteiger partial charge in [-0.2, -0.15) is 0 Å². The second-order valence-corrected chi connectivity index (χ2v) is 8.76. The lowest BCUT2D eigenvalue weighted by Gasteiger charge is -2.33. The number of hydrogen-bond donors (Lipinski definition) is 1. The molecule has 0 radical (unpaired) electrons. The summed E-state index contributed by atoms with van der Waals surface area (Å²) in [6.45, 7) is 8.90. The molecule has 1 saturated heterocycles. The monoisotopic (exact) mass is 441 g/mol. The first-order valence-electron chi connectivity index (χ1n) is 11.7. The fourth-order valence-corrected chi connectivity index (χ4v) is 4.31. The van der Waals surface area contributed by atoms with E-state index in [9.17, 15) is 14.4 Å². The van der Waals surface area contributed by atoms with Gasteiger partial charge in [0.15, 0.2) is 0 Å². The molecule has 2 aliphatic heterocycles. The minimum atomic E-state index is -0.246. The van der Waals surface area contributed by atoms with Gasteiger partial charge in [-0.25, -0.2) is 0 Å². The third kappa shape index (κ3) is 5.76. The van der Waals surface area contributed by atoms with Gasteiger partial charge in [-0.3, -0.25) is 19.3 Å². The predicted octanol–water partition coefficient (Wildman–Crippen LogP) is 3.66. The standard InChI is InChI=1S/C25H35N3O4/c1-4-5-15-32-16-7-14-28-24(30)22(20-9-11-21(12-10-20)26-19(3)29)23(25(28)31)27-13-6-8-18(2)17-27/h9-12,18H,4-8,13-17H2,1-3H3,(H,26,29). The Morgan fingerprint density at radius 3 is 2.50 bits per heavy atom. The van der Waals surface area contributed by atoms with Crippen molar-refractivity contribution in [2.24, 2.45) is 5.92 Å². The van der Waals surface area contributed by atoms with Crippen molar-refractivity contribution in [2.75, 3.05) is 38.2 Å². The highest BCUT2D eigenvalue weighted by molar-refractivity contribution is 6.35. The fourth-order valence-electron chi connectivity index (χ4n) is 4.31. The quantitative estimate of drug-likeness (QED) is 0.443. The van der Waals surface area contributed by atoms with Gasteiger partial charge in [0.1, 0.15) is 5.70 Å². The molecule has 32 heavy (non-hydrogen) atoms. The van der Waals surface area contributed by atoms with Crippen LogP contribution in [0.3, 0.4) is 0 Å². The molecule has 0 saturated carbocycles. The number of rotatable bonds is 10. The van der Waals surface area contributed by atoms with Crippen LogP contribution in [0.5, 0.6) is 0 Å². The number of imide groups is 1. The lowest BCUT2D eigenvalue weighted by atomic mass is 9.97. The number of amides is 3. The molecule has 1 atom stereocenters. The van der Waals surface area contributed by atoms with E-state index in [-0.39, 0.29) is 17.7 Å². The van der Waals surface area contributed by atoms with Gasteiger partial charge >= 0.3 is 0 Å². The SMILES string of the molecule is CCCCOCCCN1C(=O)C(c2ccc(NC(C)=O)cc2)=C(N2CCCC(C)C2)C1=O. The molecule has 0 aliphatic carbocycles. The number of benzene rings is 1. The van der Waals surface area contributed by atoms with Gasteiger partial charge in [-0.15, -0.1) is 0 Å². The zero-order valence-corrected chi connectivity index (χ0v) is 19.5. The highest BCUT2D eigenvalue weighted by Gasteiger charge is 2.41. The van der Waals surface area contributed by atoms with E-state index in [1.54, 1.807) is 24.3 Å². The van der Waals surface area contributed by atoms with E-state index in [2.05, 4.69) is 24.1 Å². The zero-order chi connectivity index (χ0) is 23.1. The summed E-state index contributed by atoms with van der Waals surface area (Å²) >= 11 is 0. The second kappa shape index (κ2) is 11.3. The van der Waals surface area contributed by atoms with E-state index >= 15 is 0 Å². The molecule has 1 aromatic rings. The summed E-state index contributed by atoms with van der Waals surface area (Å²) in [6, 6.07) is 7.14. The Hall–Kier alpha value is -2.67. The third-order valence-electron chi connectivity index (χ3n) is 5.92. The van der Waals surface area contributed by atoms with Gasteiger partial charge in [0.05, 0.1) is 5.57 Å². The van der Waals surface area contributed by atoms with Crippen molar-refractivity contribution in [1.82, 2.24) is 9.80 Å². The summed E-state index contributed by atoms with van der Waals surface area (Å²) in [5.41, 5.74) is 2.34. The molecular formula is C25H35N3O4. The summed E-state index contributed by atoms with van der Waals surface area (Å²) in [7, 11) is 0. The van der Waals surface area contributed by atoms with E-state index in [0.29, 0.717) is 54.6 Å². The fraction of sp³-hybridized carbons (Fsp3) is 0.560. The molecule has 0 bridgehead atoms. The van der Waals surface area contributed by atoms with Crippen molar-refractivity contribution in [3.05, 3.63) is 35.5 Å². The van der Waals surface area contributed by atoms with Crippen LogP contribution < -0.4 is 5.32 Å². The van der Waals surface area contributed by atoms with Crippen LogP contribution in [0.25, 0.3) is 5.57 Å². The molecule has 3 rings (SSSR count). The van der Waals surface area contributed by atoms with Crippen LogP contribution in [0.15, 0.2) is 30.0 Å². The Labute approximate surface area is 190 Å². The van der Waals surface area contributed by atoms with Crippen LogP contribution in [0, 0.1) is 5.92 Å². The summed E-state index contributed by atoms with van der Waals surface area (Å²) in [6.07, 6.45) is 4.85. The number of ether oxygens (including phenoxy) is 1. The number of likely N-dealkylation sites (tertiary alicyclic amines) is 1. The molecule has 1 unspecified atom stereocenters. The third-order valence-corrected chi connectivity index (χ3v) is 5.92. The average Bonchev–Trinajstić information content (AvgIpc) is 3.01. The van der Waals surface area contributed by atoms with Gasteiger partial charge in [-0.05, 0) is 49.3 Å². The van der Waals surface area contributed by atoms with E-state index in [1.807, 2.05) is 0 Å². The van der Waals surface area contributed by atoms with Gasteiger partial charge in [0, 0.05) is 45.5 Å². The maximum atomic E-state index is 13.4. The largest absolute Gasteiger partial charge is 0.381 e. The number of anilines is 1. The van der Waals surface area contributed by atoms with Crippen molar-refractivity contribution in [3.8, 4) is 0 Å². The first-order valence-corrected chi connectivity index (χ1v) is 11.7. The van der Waals surface area contributed by atoms with Crippen molar-refractivity contribution >= 4 is 29.0 Å². The molecule has 0 aromatic heterocycles. The number of hydrogen-bond acceptors (Lipinski definition) is 5. The normalized spacial score (nSPS) is 19.2. The molecule has 7 heteroatoms. The van der Waals surface area contributed by atoms with Crippen LogP contribution in [0.4, 0.5) is 5.69 Å². The second-order valence-electron chi connectivity index (χ2n) is 8.76. The molecule has 7 nitrogen and oxygen atoms in total. The van der Waals surface area contributed by atoms with Gasteiger partial charge in [0.25, 0.3) is 11.8 Å². The van der Waals surface area contributed by atoms with Crippen LogP contribution >= 0.6 is 0 Å². The molecule has 2 heterocycles. The number of nitrogens with zero attached hydrogens (tertiary/aromatic N) is 2. The van der Waals surface area contributed by atoms with E-state index in [4.69, 9.17) is 4.74 Å². The lowest BCUT2D eigenvalue weighted by Crippen LogP contribution is -2.39. The molecule has 1 aromatic carbocycles. The Kier molecular flexibility index (Phi) is 8.45. The first-order chi connectivity index (χ1) is 15.4. The first kappa shape index (κ1) is 24.0. The number of piperidine rings is 1. The molecule has 174 valence electrons. The number of unbranched alkanes of at least 4 members (excludes halogenated alkanes) is 1. The van der Waals surface area contributed by atoms with E-state index in [0.717, 1.165) is 38.8 Å². The topological polar surface area (TPSA) is 79.0 Å². The number of nitrogens with one attached hydrogen (secondary N) is 1. The van der Waals surface area contributed by atoms with Gasteiger partial charge in [0.2, 0.25) is 5.91 Å². The highest BCUT2D eigenvalue weighted by atomic mass is 16.5. The summed E-state index contributed by atoms with van der Waals surface area (Å²) in [4.78, 5) is 41.6. The van der Waals surface area contributed by atoms with Crippen molar-refractivity contribution in [1.29, 1.82) is 0 Å². The van der Waals surface area contributed by atoms with Crippen LogP contribution in [-0.4, -0.2) is 60.4 Å². The van der Waals surface area contributed by atoms with Crippen LogP contribution in [0.1, 0.15) is 58.4 Å². The molecule has 1 N–H and O–H groups in total. The summed E-state index contributed by atoms with van der Waals surface area (Å²) in [5.74, 6) is -0.134. The van der Waals surface area contributed by atoms with Gasteiger partial charge in [-0.1, -0.05) is 32.4 Å². The Bertz CT molecular complexity index is 862. The molecule has 2 aliphatic rings. The van der Waals surface area contributed by atoms with Crippen molar-refractivity contribution in [3.63, 3.8) is 0 Å². The Balaban J connectivity index is 1.82. The molecular weight excluding hydrogens is 406 g/mol. The van der Waals surface area contributed by atoms with Gasteiger partial charge < -0.3 is 15.0 Å². The molecule has 0 spiro atoms. The lowest BCUT2D eigenvalue weighted by molar-refractivity contribution is -0.137. The van der Waals surface area contributed by atoms with Crippen molar-refractivity contribution in [2.45, 2.75) is 52.9 Å². The maximum absolute atomic E-state index is 13.4. The highest BCUT2D eigenvalue weighted by Crippen LogP contribution is 2.34. The summed E-state index contributed by atoms with van der Waals surface area (Å²) in [5, 5.41) is 2.74. The van der Waals surface area contributed by atoms with Crippen LogP contribution in [-0.2, 0) is 19.1 Å². The number of carbonyl (C=O) groups excluding carboxylic acids is 3. The smallest absolute Gasteiger partial charge is 0.277 e. The molecule has 1 fully saturated rings. The maximum Gasteiger partial charge on any atom is 0.277 e. The van der Waals surface area contributed by atoms with Crippen LogP contribution in [0.2, 0.25) is 0 Å². The van der Waals surface area contributed by atoms with Crippen molar-refractivity contribution < 1.29 is 19.1 Å². The minimum Gasteiger partial charge on any atom is -0.381 e. The zero-order valence-electron chi connectivity index (χ0n) is 19.5. The minimum absolute atomic E-state index is 0.153. The summed E-state index contributed by atoms with van der Waals surface area (Å²) < 4.78 is 5.61. The Morgan fingerprint density at radius 1 is 1.12 bits per heavy atom. The Morgan fingerprint density at radius 2 is 1.84 bits per heavy atom. The predicted molar refractivity (Wildman–Crippen MR) is 125 cm³/mol. The number of carbonyl (C=O) groups is 3.